The van der Waals surface area contributed by atoms with Crippen LogP contribution in [0.5, 0.6) is 0 Å². The van der Waals surface area contributed by atoms with Gasteiger partial charge in [-0.2, -0.15) is 0 Å². The topological polar surface area (TPSA) is 62.8 Å². The molecule has 1 unspecified atom stereocenters. The molecule has 0 aliphatic carbocycles. The smallest absolute Gasteiger partial charge is 0.260 e. The van der Waals surface area contributed by atoms with Crippen LogP contribution in [0.25, 0.3) is 21.3 Å². The van der Waals surface area contributed by atoms with Crippen LogP contribution in [0.15, 0.2) is 69.9 Å². The number of nitrogens with zero attached hydrogens (tertiary/aromatic N) is 1. The van der Waals surface area contributed by atoms with Gasteiger partial charge < -0.3 is 4.98 Å². The van der Waals surface area contributed by atoms with E-state index in [2.05, 4.69) is 48.1 Å². The number of ketones is 1. The van der Waals surface area contributed by atoms with Crippen molar-refractivity contribution in [2.24, 2.45) is 0 Å². The summed E-state index contributed by atoms with van der Waals surface area (Å²) in [7, 11) is 0. The summed E-state index contributed by atoms with van der Waals surface area (Å²) >= 11 is 2.73. The molecule has 0 radical (unpaired) electrons. The van der Waals surface area contributed by atoms with Gasteiger partial charge in [-0.25, -0.2) is 4.98 Å². The number of benzene rings is 2. The molecule has 2 heterocycles. The highest BCUT2D eigenvalue weighted by Gasteiger charge is 2.19. The summed E-state index contributed by atoms with van der Waals surface area (Å²) in [5.74, 6) is 0.476. The molecule has 2 aromatic heterocycles. The van der Waals surface area contributed by atoms with Crippen molar-refractivity contribution in [2.45, 2.75) is 37.1 Å². The van der Waals surface area contributed by atoms with Gasteiger partial charge in [0.15, 0.2) is 10.9 Å². The van der Waals surface area contributed by atoms with Crippen LogP contribution >= 0.6 is 23.1 Å². The highest BCUT2D eigenvalue weighted by atomic mass is 32.2. The molecule has 0 spiro atoms. The number of Topliss-reactive ketones (excluding diaryl/α,β-unsaturated/α-hetero) is 1. The second kappa shape index (κ2) is 8.58. The predicted octanol–water partition coefficient (Wildman–Crippen LogP) is 6.14. The molecular weight excluding hydrogens is 412 g/mol. The minimum Gasteiger partial charge on any atom is -0.301 e. The van der Waals surface area contributed by atoms with Gasteiger partial charge >= 0.3 is 0 Å². The lowest BCUT2D eigenvalue weighted by Gasteiger charge is -2.09. The zero-order chi connectivity index (χ0) is 21.3. The number of hydrogen-bond donors (Lipinski definition) is 1. The number of thiophene rings is 1. The molecule has 1 atom stereocenters. The number of carbonyl (C=O) groups is 1. The third kappa shape index (κ3) is 4.11. The second-order valence-corrected chi connectivity index (χ2v) is 9.66. The summed E-state index contributed by atoms with van der Waals surface area (Å²) in [4.78, 5) is 33.7. The Balaban J connectivity index is 1.62. The summed E-state index contributed by atoms with van der Waals surface area (Å²) < 4.78 is 0. The first-order valence-electron chi connectivity index (χ1n) is 9.82. The lowest BCUT2D eigenvalue weighted by molar-refractivity contribution is 0.0994. The first-order chi connectivity index (χ1) is 14.4. The number of fused-ring (bicyclic) bond motifs is 1. The van der Waals surface area contributed by atoms with Crippen LogP contribution in [0.1, 0.15) is 42.6 Å². The maximum absolute atomic E-state index is 12.9. The Morgan fingerprint density at radius 1 is 1.03 bits per heavy atom. The Kier molecular flexibility index (Phi) is 5.88. The van der Waals surface area contributed by atoms with E-state index in [1.165, 1.54) is 28.7 Å². The maximum atomic E-state index is 12.9. The number of thioether (sulfide) groups is 1. The lowest BCUT2D eigenvalue weighted by Crippen LogP contribution is -2.16. The molecule has 0 fully saturated rings. The molecule has 0 saturated heterocycles. The number of hydrogen-bond acceptors (Lipinski definition) is 5. The van der Waals surface area contributed by atoms with Gasteiger partial charge in [0, 0.05) is 16.5 Å². The Labute approximate surface area is 183 Å². The highest BCUT2D eigenvalue weighted by Crippen LogP contribution is 2.33. The van der Waals surface area contributed by atoms with Crippen LogP contribution in [-0.4, -0.2) is 21.0 Å². The van der Waals surface area contributed by atoms with Crippen molar-refractivity contribution in [2.75, 3.05) is 0 Å². The van der Waals surface area contributed by atoms with Crippen molar-refractivity contribution in [1.82, 2.24) is 9.97 Å². The van der Waals surface area contributed by atoms with Crippen LogP contribution < -0.4 is 5.56 Å². The fourth-order valence-electron chi connectivity index (χ4n) is 3.30. The largest absolute Gasteiger partial charge is 0.301 e. The van der Waals surface area contributed by atoms with E-state index >= 15 is 0 Å². The summed E-state index contributed by atoms with van der Waals surface area (Å²) in [5, 5.41) is 2.69. The SMILES string of the molecule is CC(Sc1nc2scc(-c3ccc(C(C)C)cc3)c2c(=O)[nH]1)C(=O)c1ccccc1. The van der Waals surface area contributed by atoms with Crippen molar-refractivity contribution < 1.29 is 4.79 Å². The summed E-state index contributed by atoms with van der Waals surface area (Å²) in [6.45, 7) is 6.15. The van der Waals surface area contributed by atoms with E-state index in [0.29, 0.717) is 26.9 Å². The van der Waals surface area contributed by atoms with Crippen molar-refractivity contribution >= 4 is 39.1 Å². The molecule has 0 aliphatic heterocycles. The van der Waals surface area contributed by atoms with Crippen molar-refractivity contribution in [1.29, 1.82) is 0 Å². The molecule has 152 valence electrons. The number of carbonyl (C=O) groups excluding carboxylic acids is 1. The maximum Gasteiger partial charge on any atom is 0.260 e. The van der Waals surface area contributed by atoms with Crippen LogP contribution in [0, 0.1) is 0 Å². The second-order valence-electron chi connectivity index (χ2n) is 7.47. The normalized spacial score (nSPS) is 12.4. The molecule has 0 amide bonds. The first-order valence-corrected chi connectivity index (χ1v) is 11.6. The summed E-state index contributed by atoms with van der Waals surface area (Å²) in [6.07, 6.45) is 0. The van der Waals surface area contributed by atoms with Crippen LogP contribution in [0.3, 0.4) is 0 Å². The molecule has 2 aromatic carbocycles. The van der Waals surface area contributed by atoms with E-state index in [-0.39, 0.29) is 16.6 Å². The molecule has 0 saturated carbocycles. The van der Waals surface area contributed by atoms with Crippen LogP contribution in [-0.2, 0) is 0 Å². The average molecular weight is 435 g/mol. The van der Waals surface area contributed by atoms with Gasteiger partial charge in [0.05, 0.1) is 10.6 Å². The summed E-state index contributed by atoms with van der Waals surface area (Å²) in [6, 6.07) is 17.5. The highest BCUT2D eigenvalue weighted by molar-refractivity contribution is 8.00. The molecule has 4 nitrogen and oxygen atoms in total. The Morgan fingerprint density at radius 3 is 2.40 bits per heavy atom. The molecule has 4 rings (SSSR count). The molecule has 30 heavy (non-hydrogen) atoms. The minimum absolute atomic E-state index is 0.0143. The van der Waals surface area contributed by atoms with Crippen molar-refractivity contribution in [3.05, 3.63) is 81.5 Å². The van der Waals surface area contributed by atoms with Gasteiger partial charge in [-0.1, -0.05) is 80.2 Å². The number of aromatic nitrogens is 2. The Hall–Kier alpha value is -2.70. The van der Waals surface area contributed by atoms with E-state index in [9.17, 15) is 9.59 Å². The summed E-state index contributed by atoms with van der Waals surface area (Å²) in [5.41, 5.74) is 3.64. The quantitative estimate of drug-likeness (QED) is 0.225. The van der Waals surface area contributed by atoms with Gasteiger partial charge in [0.2, 0.25) is 0 Å². The Morgan fingerprint density at radius 2 is 1.73 bits per heavy atom. The van der Waals surface area contributed by atoms with E-state index < -0.39 is 0 Å². The van der Waals surface area contributed by atoms with Crippen molar-refractivity contribution in [3.63, 3.8) is 0 Å². The van der Waals surface area contributed by atoms with E-state index in [0.717, 1.165) is 11.1 Å². The molecule has 4 aromatic rings. The monoisotopic (exact) mass is 434 g/mol. The molecule has 0 bridgehead atoms. The Bertz CT molecular complexity index is 1240. The average Bonchev–Trinajstić information content (AvgIpc) is 3.18. The van der Waals surface area contributed by atoms with Gasteiger partial charge in [0.1, 0.15) is 4.83 Å². The fourth-order valence-corrected chi connectivity index (χ4v) is 5.18. The zero-order valence-electron chi connectivity index (χ0n) is 17.0. The number of nitrogens with one attached hydrogen (secondary N) is 1. The van der Waals surface area contributed by atoms with Crippen LogP contribution in [0.2, 0.25) is 0 Å². The molecule has 1 N–H and O–H groups in total. The van der Waals surface area contributed by atoms with E-state index in [1.54, 1.807) is 12.1 Å². The van der Waals surface area contributed by atoms with Crippen LogP contribution in [0.4, 0.5) is 0 Å². The zero-order valence-corrected chi connectivity index (χ0v) is 18.6. The van der Waals surface area contributed by atoms with E-state index in [4.69, 9.17) is 0 Å². The van der Waals surface area contributed by atoms with Crippen molar-refractivity contribution in [3.8, 4) is 11.1 Å². The van der Waals surface area contributed by atoms with Gasteiger partial charge in [-0.3, -0.25) is 9.59 Å². The molecule has 6 heteroatoms. The third-order valence-electron chi connectivity index (χ3n) is 5.03. The van der Waals surface area contributed by atoms with Gasteiger partial charge in [-0.15, -0.1) is 11.3 Å². The van der Waals surface area contributed by atoms with Gasteiger partial charge in [0.25, 0.3) is 5.56 Å². The number of H-pyrrole nitrogens is 1. The van der Waals surface area contributed by atoms with E-state index in [1.807, 2.05) is 30.5 Å². The lowest BCUT2D eigenvalue weighted by atomic mass is 9.99. The fraction of sp³-hybridized carbons (Fsp3) is 0.208. The third-order valence-corrected chi connectivity index (χ3v) is 6.88. The van der Waals surface area contributed by atoms with Gasteiger partial charge in [-0.05, 0) is 24.0 Å². The first kappa shape index (κ1) is 20.6. The number of aromatic amines is 1. The predicted molar refractivity (Wildman–Crippen MR) is 126 cm³/mol. The molecule has 0 aliphatic rings. The minimum atomic E-state index is -0.351. The standard InChI is InChI=1S/C24H22N2O2S2/c1-14(2)16-9-11-17(12-10-16)19-13-29-23-20(19)22(28)25-24(26-23)30-15(3)21(27)18-7-5-4-6-8-18/h4-15H,1-3H3,(H,25,26,28). The number of rotatable bonds is 6. The molecular formula is C24H22N2O2S2.